The summed E-state index contributed by atoms with van der Waals surface area (Å²) in [5.41, 5.74) is 0.215. The van der Waals surface area contributed by atoms with Gasteiger partial charge in [-0.15, -0.1) is 0 Å². The van der Waals surface area contributed by atoms with Gasteiger partial charge >= 0.3 is 5.91 Å². The van der Waals surface area contributed by atoms with Crippen molar-refractivity contribution in [2.75, 3.05) is 6.73 Å². The van der Waals surface area contributed by atoms with Gasteiger partial charge in [0.05, 0.1) is 16.7 Å². The molecule has 0 saturated carbocycles. The molecule has 0 aliphatic carbocycles. The van der Waals surface area contributed by atoms with Gasteiger partial charge in [0, 0.05) is 27.6 Å². The number of Topliss-reactive ketones (excluding diaryl/α,β-unsaturated/α-hetero) is 1. The fourth-order valence-electron chi connectivity index (χ4n) is 3.81. The van der Waals surface area contributed by atoms with E-state index >= 15 is 0 Å². The second kappa shape index (κ2) is 8.60. The maximum Gasteiger partial charge on any atom is 0.314 e. The lowest BCUT2D eigenvalue weighted by molar-refractivity contribution is -0.384. The Kier molecular flexibility index (Phi) is 5.94. The molecular formula is C24H22BrN3O6. The molecule has 10 heteroatoms. The van der Waals surface area contributed by atoms with Crippen molar-refractivity contribution in [1.29, 1.82) is 0 Å². The minimum atomic E-state index is -1.01. The molecule has 1 fully saturated rings. The Morgan fingerprint density at radius 2 is 1.74 bits per heavy atom. The molecule has 1 saturated heterocycles. The Hall–Kier alpha value is -3.66. The molecular weight excluding hydrogens is 506 g/mol. The highest BCUT2D eigenvalue weighted by Crippen LogP contribution is 2.42. The molecule has 9 nitrogen and oxygen atoms in total. The number of ketones is 1. The van der Waals surface area contributed by atoms with Crippen LogP contribution in [0.5, 0.6) is 0 Å². The van der Waals surface area contributed by atoms with Gasteiger partial charge in [0.1, 0.15) is 17.6 Å². The van der Waals surface area contributed by atoms with E-state index in [2.05, 4.69) is 15.9 Å². The minimum absolute atomic E-state index is 0.00142. The van der Waals surface area contributed by atoms with E-state index in [1.165, 1.54) is 34.3 Å². The van der Waals surface area contributed by atoms with Crippen LogP contribution in [0.1, 0.15) is 37.9 Å². The molecule has 0 radical (unpaired) electrons. The summed E-state index contributed by atoms with van der Waals surface area (Å²) in [5.74, 6) is -1.40. The van der Waals surface area contributed by atoms with Crippen molar-refractivity contribution in [3.05, 3.63) is 91.8 Å². The van der Waals surface area contributed by atoms with Gasteiger partial charge in [0.25, 0.3) is 11.5 Å². The zero-order valence-electron chi connectivity index (χ0n) is 18.7. The van der Waals surface area contributed by atoms with Crippen LogP contribution in [-0.4, -0.2) is 38.5 Å². The quantitative estimate of drug-likeness (QED) is 0.198. The number of amides is 1. The first-order valence-electron chi connectivity index (χ1n) is 10.4. The van der Waals surface area contributed by atoms with Crippen LogP contribution in [0, 0.1) is 15.5 Å². The third-order valence-corrected chi connectivity index (χ3v) is 6.12. The van der Waals surface area contributed by atoms with Crippen molar-refractivity contribution in [2.24, 2.45) is 5.41 Å². The summed E-state index contributed by atoms with van der Waals surface area (Å²) in [7, 11) is 0. The number of hydrogen-bond acceptors (Lipinski definition) is 7. The van der Waals surface area contributed by atoms with E-state index in [-0.39, 0.29) is 29.2 Å². The van der Waals surface area contributed by atoms with Crippen LogP contribution in [0.15, 0.2) is 70.5 Å². The molecule has 0 bridgehead atoms. The van der Waals surface area contributed by atoms with Crippen molar-refractivity contribution in [1.82, 2.24) is 10.0 Å². The Morgan fingerprint density at radius 1 is 1.12 bits per heavy atom. The van der Waals surface area contributed by atoms with E-state index in [9.17, 15) is 24.8 Å². The number of aliphatic hydroxyl groups excluding tert-OH is 1. The van der Waals surface area contributed by atoms with E-state index in [4.69, 9.17) is 4.74 Å². The smallest absolute Gasteiger partial charge is 0.314 e. The molecule has 176 valence electrons. The molecule has 1 unspecified atom stereocenters. The highest BCUT2D eigenvalue weighted by atomic mass is 79.9. The number of aliphatic hydroxyl groups is 1. The van der Waals surface area contributed by atoms with Gasteiger partial charge in [-0.3, -0.25) is 19.7 Å². The highest BCUT2D eigenvalue weighted by Gasteiger charge is 2.49. The maximum absolute atomic E-state index is 13.2. The van der Waals surface area contributed by atoms with Crippen LogP contribution in [0.3, 0.4) is 0 Å². The van der Waals surface area contributed by atoms with E-state index in [0.29, 0.717) is 16.9 Å². The predicted octanol–water partition coefficient (Wildman–Crippen LogP) is 4.87. The molecule has 0 spiro atoms. The average Bonchev–Trinajstić information content (AvgIpc) is 3.37. The topological polar surface area (TPSA) is 113 Å². The summed E-state index contributed by atoms with van der Waals surface area (Å²) >= 11 is 3.33. The second-order valence-corrected chi connectivity index (χ2v) is 9.87. The van der Waals surface area contributed by atoms with Crippen molar-refractivity contribution < 1.29 is 24.4 Å². The molecule has 1 atom stereocenters. The molecule has 34 heavy (non-hydrogen) atoms. The minimum Gasteiger partial charge on any atom is -0.507 e. The van der Waals surface area contributed by atoms with Gasteiger partial charge in [0.15, 0.2) is 6.73 Å². The van der Waals surface area contributed by atoms with Crippen LogP contribution in [0.25, 0.3) is 5.76 Å². The number of rotatable bonds is 4. The summed E-state index contributed by atoms with van der Waals surface area (Å²) in [6, 6.07) is 11.2. The number of allylic oxidation sites excluding steroid dienone is 1. The predicted molar refractivity (Wildman–Crippen MR) is 127 cm³/mol. The molecule has 2 aliphatic heterocycles. The normalized spacial score (nSPS) is 19.9. The third kappa shape index (κ3) is 4.16. The number of carbonyl (C=O) groups excluding carboxylic acids is 2. The third-order valence-electron chi connectivity index (χ3n) is 5.59. The van der Waals surface area contributed by atoms with Crippen LogP contribution < -0.4 is 0 Å². The van der Waals surface area contributed by atoms with Gasteiger partial charge in [-0.25, -0.2) is 10.0 Å². The van der Waals surface area contributed by atoms with E-state index < -0.39 is 22.7 Å². The zero-order valence-corrected chi connectivity index (χ0v) is 20.3. The number of nitro benzene ring substituents is 1. The van der Waals surface area contributed by atoms with Gasteiger partial charge in [-0.1, -0.05) is 48.8 Å². The van der Waals surface area contributed by atoms with Gasteiger partial charge in [0.2, 0.25) is 0 Å². The van der Waals surface area contributed by atoms with Crippen LogP contribution >= 0.6 is 15.9 Å². The molecule has 1 N–H and O–H groups in total. The van der Waals surface area contributed by atoms with Crippen molar-refractivity contribution in [2.45, 2.75) is 26.8 Å². The van der Waals surface area contributed by atoms with Crippen LogP contribution in [-0.2, 0) is 14.3 Å². The fraction of sp³-hybridized carbons (Fsp3) is 0.250. The number of ether oxygens (including phenoxy) is 1. The number of non-ortho nitro benzene ring substituents is 1. The Bertz CT molecular complexity index is 1230. The van der Waals surface area contributed by atoms with Gasteiger partial charge in [-0.2, -0.15) is 0 Å². The largest absolute Gasteiger partial charge is 0.507 e. The number of nitro groups is 1. The van der Waals surface area contributed by atoms with E-state index in [0.717, 1.165) is 4.47 Å². The monoisotopic (exact) mass is 527 g/mol. The number of hydrazine groups is 1. The average molecular weight is 528 g/mol. The summed E-state index contributed by atoms with van der Waals surface area (Å²) in [5, 5.41) is 25.0. The first-order valence-corrected chi connectivity index (χ1v) is 11.2. The van der Waals surface area contributed by atoms with Crippen molar-refractivity contribution in [3.8, 4) is 0 Å². The summed E-state index contributed by atoms with van der Waals surface area (Å²) in [6.45, 7) is 5.87. The van der Waals surface area contributed by atoms with Crippen LogP contribution in [0.2, 0.25) is 0 Å². The number of halogens is 1. The summed E-state index contributed by atoms with van der Waals surface area (Å²) < 4.78 is 6.55. The Morgan fingerprint density at radius 3 is 2.26 bits per heavy atom. The Balaban J connectivity index is 1.87. The van der Waals surface area contributed by atoms with Gasteiger partial charge in [-0.05, 0) is 29.8 Å². The first kappa shape index (κ1) is 23.5. The molecule has 1 amide bonds. The standard InChI is InChI=1S/C24H22BrN3O6/c1-24(2,3)18-12-26(13-34-18)27-20(14-6-10-17(11-7-14)28(32)33)19(22(30)23(27)31)21(29)15-4-8-16(25)9-5-15/h4-12,20,29H,13H2,1-3H3. The highest BCUT2D eigenvalue weighted by molar-refractivity contribution is 9.10. The molecule has 2 heterocycles. The zero-order chi connectivity index (χ0) is 24.8. The molecule has 2 aromatic carbocycles. The number of hydrogen-bond donors (Lipinski definition) is 1. The lowest BCUT2D eigenvalue weighted by Gasteiger charge is -2.31. The Labute approximate surface area is 204 Å². The number of benzene rings is 2. The number of nitrogens with zero attached hydrogens (tertiary/aromatic N) is 3. The summed E-state index contributed by atoms with van der Waals surface area (Å²) in [4.78, 5) is 37.0. The van der Waals surface area contributed by atoms with E-state index in [1.54, 1.807) is 30.5 Å². The molecule has 0 aromatic heterocycles. The number of carbonyl (C=O) groups is 2. The molecule has 4 rings (SSSR count). The molecule has 2 aliphatic rings. The molecule has 2 aromatic rings. The summed E-state index contributed by atoms with van der Waals surface area (Å²) in [6.07, 6.45) is 1.66. The van der Waals surface area contributed by atoms with Gasteiger partial charge < -0.3 is 9.84 Å². The first-order chi connectivity index (χ1) is 16.0. The van der Waals surface area contributed by atoms with Crippen molar-refractivity contribution in [3.63, 3.8) is 0 Å². The second-order valence-electron chi connectivity index (χ2n) is 8.96. The lowest BCUT2D eigenvalue weighted by atomic mass is 9.94. The van der Waals surface area contributed by atoms with Crippen molar-refractivity contribution >= 4 is 39.1 Å². The SMILES string of the molecule is CC(C)(C)C1=CN(N2C(=O)C(=O)C(=C(O)c3ccc(Br)cc3)C2c2ccc([N+](=O)[O-])cc2)CO1. The maximum atomic E-state index is 13.2. The fourth-order valence-corrected chi connectivity index (χ4v) is 4.08. The van der Waals surface area contributed by atoms with E-state index in [1.807, 2.05) is 20.8 Å². The lowest BCUT2D eigenvalue weighted by Crippen LogP contribution is -2.41. The van der Waals surface area contributed by atoms with Crippen LogP contribution in [0.4, 0.5) is 5.69 Å².